The lowest BCUT2D eigenvalue weighted by Gasteiger charge is -2.20. The largest absolute Gasteiger partial charge is 0.370 e. The van der Waals surface area contributed by atoms with Gasteiger partial charge in [0.2, 0.25) is 0 Å². The SMILES string of the molecule is CN(Cc1ccc(Br)cc1Cl)c1cccc(F)c1. The normalized spacial score (nSPS) is 10.4. The monoisotopic (exact) mass is 327 g/mol. The summed E-state index contributed by atoms with van der Waals surface area (Å²) < 4.78 is 14.1. The molecule has 1 nitrogen and oxygen atoms in total. The van der Waals surface area contributed by atoms with Crippen LogP contribution < -0.4 is 4.90 Å². The molecule has 94 valence electrons. The summed E-state index contributed by atoms with van der Waals surface area (Å²) in [5.41, 5.74) is 1.83. The number of hydrogen-bond acceptors (Lipinski definition) is 1. The summed E-state index contributed by atoms with van der Waals surface area (Å²) >= 11 is 9.53. The molecule has 0 aromatic heterocycles. The molecule has 0 unspecified atom stereocenters. The zero-order valence-electron chi connectivity index (χ0n) is 9.83. The van der Waals surface area contributed by atoms with Gasteiger partial charge in [-0.05, 0) is 35.9 Å². The molecule has 0 bridgehead atoms. The number of nitrogens with zero attached hydrogens (tertiary/aromatic N) is 1. The maximum atomic E-state index is 13.1. The van der Waals surface area contributed by atoms with E-state index >= 15 is 0 Å². The van der Waals surface area contributed by atoms with Crippen molar-refractivity contribution in [2.24, 2.45) is 0 Å². The van der Waals surface area contributed by atoms with Gasteiger partial charge in [-0.3, -0.25) is 0 Å². The van der Waals surface area contributed by atoms with E-state index in [1.54, 1.807) is 6.07 Å². The summed E-state index contributed by atoms with van der Waals surface area (Å²) in [7, 11) is 1.91. The van der Waals surface area contributed by atoms with Crippen LogP contribution in [-0.4, -0.2) is 7.05 Å². The molecular weight excluding hydrogens is 317 g/mol. The molecule has 0 aliphatic heterocycles. The number of anilines is 1. The van der Waals surface area contributed by atoms with E-state index in [9.17, 15) is 4.39 Å². The van der Waals surface area contributed by atoms with E-state index in [-0.39, 0.29) is 5.82 Å². The predicted molar refractivity (Wildman–Crippen MR) is 77.7 cm³/mol. The van der Waals surface area contributed by atoms with Crippen LogP contribution in [0, 0.1) is 5.82 Å². The number of benzene rings is 2. The third kappa shape index (κ3) is 3.24. The van der Waals surface area contributed by atoms with Crippen LogP contribution in [0.1, 0.15) is 5.56 Å². The van der Waals surface area contributed by atoms with Gasteiger partial charge >= 0.3 is 0 Å². The Balaban J connectivity index is 2.18. The molecule has 4 heteroatoms. The van der Waals surface area contributed by atoms with Crippen LogP contribution in [0.3, 0.4) is 0 Å². The molecule has 0 saturated carbocycles. The van der Waals surface area contributed by atoms with E-state index < -0.39 is 0 Å². The average Bonchev–Trinajstić information content (AvgIpc) is 2.32. The summed E-state index contributed by atoms with van der Waals surface area (Å²) in [4.78, 5) is 1.96. The zero-order valence-corrected chi connectivity index (χ0v) is 12.2. The minimum atomic E-state index is -0.235. The maximum Gasteiger partial charge on any atom is 0.125 e. The second-order valence-corrected chi connectivity index (χ2v) is 5.39. The van der Waals surface area contributed by atoms with E-state index in [1.165, 1.54) is 12.1 Å². The fourth-order valence-electron chi connectivity index (χ4n) is 1.71. The topological polar surface area (TPSA) is 3.24 Å². The molecule has 0 N–H and O–H groups in total. The molecule has 0 heterocycles. The fourth-order valence-corrected chi connectivity index (χ4v) is 2.44. The summed E-state index contributed by atoms with van der Waals surface area (Å²) in [6, 6.07) is 12.3. The lowest BCUT2D eigenvalue weighted by atomic mass is 10.2. The highest BCUT2D eigenvalue weighted by Crippen LogP contribution is 2.24. The van der Waals surface area contributed by atoms with Gasteiger partial charge in [0.25, 0.3) is 0 Å². The Morgan fingerprint density at radius 1 is 1.22 bits per heavy atom. The third-order valence-corrected chi connectivity index (χ3v) is 3.52. The Morgan fingerprint density at radius 2 is 2.00 bits per heavy atom. The van der Waals surface area contributed by atoms with Crippen LogP contribution in [0.5, 0.6) is 0 Å². The first kappa shape index (κ1) is 13.4. The highest BCUT2D eigenvalue weighted by atomic mass is 79.9. The van der Waals surface area contributed by atoms with E-state index in [0.29, 0.717) is 11.6 Å². The number of halogens is 3. The minimum Gasteiger partial charge on any atom is -0.370 e. The van der Waals surface area contributed by atoms with E-state index in [0.717, 1.165) is 15.7 Å². The van der Waals surface area contributed by atoms with Crippen molar-refractivity contribution >= 4 is 33.2 Å². The molecule has 0 radical (unpaired) electrons. The predicted octanol–water partition coefficient (Wildman–Crippen LogP) is 4.88. The molecule has 0 saturated heterocycles. The first-order valence-corrected chi connectivity index (χ1v) is 6.64. The molecule has 2 aromatic carbocycles. The third-order valence-electron chi connectivity index (χ3n) is 2.67. The molecule has 0 aliphatic carbocycles. The lowest BCUT2D eigenvalue weighted by Crippen LogP contribution is -2.16. The molecule has 0 fully saturated rings. The second-order valence-electron chi connectivity index (χ2n) is 4.07. The molecule has 18 heavy (non-hydrogen) atoms. The smallest absolute Gasteiger partial charge is 0.125 e. The van der Waals surface area contributed by atoms with Crippen LogP contribution in [0.25, 0.3) is 0 Å². The van der Waals surface area contributed by atoms with Gasteiger partial charge in [0.15, 0.2) is 0 Å². The van der Waals surface area contributed by atoms with Crippen molar-refractivity contribution in [1.82, 2.24) is 0 Å². The molecule has 2 rings (SSSR count). The summed E-state index contributed by atoms with van der Waals surface area (Å²) in [6.45, 7) is 0.634. The quantitative estimate of drug-likeness (QED) is 0.776. The van der Waals surface area contributed by atoms with Crippen LogP contribution in [-0.2, 0) is 6.54 Å². The van der Waals surface area contributed by atoms with Gasteiger partial charge < -0.3 is 4.90 Å². The van der Waals surface area contributed by atoms with Crippen LogP contribution in [0.15, 0.2) is 46.9 Å². The van der Waals surface area contributed by atoms with E-state index in [2.05, 4.69) is 15.9 Å². The Labute approximate surface area is 119 Å². The zero-order chi connectivity index (χ0) is 13.1. The standard InChI is InChI=1S/C14H12BrClFN/c1-18(13-4-2-3-12(17)8-13)9-10-5-6-11(15)7-14(10)16/h2-8H,9H2,1H3. The van der Waals surface area contributed by atoms with Crippen molar-refractivity contribution in [3.05, 3.63) is 63.3 Å². The fraction of sp³-hybridized carbons (Fsp3) is 0.143. The van der Waals surface area contributed by atoms with Gasteiger partial charge in [0, 0.05) is 28.8 Å². The van der Waals surface area contributed by atoms with Crippen LogP contribution in [0.2, 0.25) is 5.02 Å². The highest BCUT2D eigenvalue weighted by molar-refractivity contribution is 9.10. The molecule has 2 aromatic rings. The number of hydrogen-bond donors (Lipinski definition) is 0. The van der Waals surface area contributed by atoms with Crippen molar-refractivity contribution < 1.29 is 4.39 Å². The second kappa shape index (κ2) is 5.72. The van der Waals surface area contributed by atoms with Gasteiger partial charge in [-0.25, -0.2) is 4.39 Å². The summed E-state index contributed by atoms with van der Waals surface area (Å²) in [6.07, 6.45) is 0. The lowest BCUT2D eigenvalue weighted by molar-refractivity contribution is 0.627. The minimum absolute atomic E-state index is 0.235. The van der Waals surface area contributed by atoms with Crippen molar-refractivity contribution in [3.63, 3.8) is 0 Å². The summed E-state index contributed by atoms with van der Waals surface area (Å²) in [5.74, 6) is -0.235. The van der Waals surface area contributed by atoms with Gasteiger partial charge in [0.1, 0.15) is 5.82 Å². The molecular formula is C14H12BrClFN. The maximum absolute atomic E-state index is 13.1. The van der Waals surface area contributed by atoms with Gasteiger partial charge in [-0.15, -0.1) is 0 Å². The first-order valence-electron chi connectivity index (χ1n) is 5.47. The Morgan fingerprint density at radius 3 is 2.67 bits per heavy atom. The summed E-state index contributed by atoms with van der Waals surface area (Å²) in [5, 5.41) is 0.702. The first-order chi connectivity index (χ1) is 8.56. The van der Waals surface area contributed by atoms with Crippen molar-refractivity contribution in [1.29, 1.82) is 0 Å². The van der Waals surface area contributed by atoms with Crippen molar-refractivity contribution in [2.45, 2.75) is 6.54 Å². The van der Waals surface area contributed by atoms with E-state index in [1.807, 2.05) is 36.2 Å². The average molecular weight is 329 g/mol. The molecule has 0 aliphatic rings. The van der Waals surface area contributed by atoms with Crippen molar-refractivity contribution in [2.75, 3.05) is 11.9 Å². The number of rotatable bonds is 3. The molecule has 0 spiro atoms. The Kier molecular flexibility index (Phi) is 4.25. The molecule has 0 amide bonds. The highest BCUT2D eigenvalue weighted by Gasteiger charge is 2.06. The van der Waals surface area contributed by atoms with Crippen molar-refractivity contribution in [3.8, 4) is 0 Å². The Bertz CT molecular complexity index is 559. The van der Waals surface area contributed by atoms with Crippen LogP contribution in [0.4, 0.5) is 10.1 Å². The Hall–Kier alpha value is -1.06. The van der Waals surface area contributed by atoms with Gasteiger partial charge in [-0.2, -0.15) is 0 Å². The van der Waals surface area contributed by atoms with Gasteiger partial charge in [-0.1, -0.05) is 39.7 Å². The molecule has 0 atom stereocenters. The van der Waals surface area contributed by atoms with Crippen LogP contribution >= 0.6 is 27.5 Å². The van der Waals surface area contributed by atoms with E-state index in [4.69, 9.17) is 11.6 Å². The van der Waals surface area contributed by atoms with Gasteiger partial charge in [0.05, 0.1) is 0 Å².